The van der Waals surface area contributed by atoms with Gasteiger partial charge in [0, 0.05) is 13.0 Å². The van der Waals surface area contributed by atoms with Gasteiger partial charge >= 0.3 is 0 Å². The lowest BCUT2D eigenvalue weighted by atomic mass is 9.83. The van der Waals surface area contributed by atoms with E-state index in [0.29, 0.717) is 12.1 Å². The van der Waals surface area contributed by atoms with Crippen LogP contribution in [0.2, 0.25) is 0 Å². The van der Waals surface area contributed by atoms with Crippen LogP contribution in [0.3, 0.4) is 0 Å². The standard InChI is InChI=1S/C22H23N3O3S/c1-24(2)15-16-11-13-18(14-12-16)29(27,28)25-19-9-6-10-20(26)21(19)22(23-25)17-7-4-3-5-8-17/h3-9,11-14,19,21H,10,15H2,1-2H3. The molecule has 150 valence electrons. The zero-order valence-electron chi connectivity index (χ0n) is 16.4. The van der Waals surface area contributed by atoms with Crippen molar-refractivity contribution in [2.24, 2.45) is 11.0 Å². The van der Waals surface area contributed by atoms with Gasteiger partial charge in [-0.05, 0) is 37.4 Å². The van der Waals surface area contributed by atoms with Gasteiger partial charge in [-0.15, -0.1) is 0 Å². The Bertz CT molecular complexity index is 1070. The van der Waals surface area contributed by atoms with Crippen molar-refractivity contribution >= 4 is 21.5 Å². The van der Waals surface area contributed by atoms with Crippen LogP contribution < -0.4 is 0 Å². The van der Waals surface area contributed by atoms with Crippen molar-refractivity contribution in [1.82, 2.24) is 9.31 Å². The van der Waals surface area contributed by atoms with Crippen LogP contribution in [0.25, 0.3) is 0 Å². The minimum Gasteiger partial charge on any atom is -0.305 e. The van der Waals surface area contributed by atoms with Gasteiger partial charge in [0.25, 0.3) is 10.0 Å². The lowest BCUT2D eigenvalue weighted by molar-refractivity contribution is -0.120. The fraction of sp³-hybridized carbons (Fsp3) is 0.273. The molecule has 2 aromatic carbocycles. The van der Waals surface area contributed by atoms with Gasteiger partial charge in [-0.3, -0.25) is 4.79 Å². The molecule has 0 fully saturated rings. The molecule has 0 saturated carbocycles. The summed E-state index contributed by atoms with van der Waals surface area (Å²) < 4.78 is 27.8. The van der Waals surface area contributed by atoms with Crippen LogP contribution in [-0.4, -0.2) is 49.4 Å². The molecule has 2 aromatic rings. The molecule has 4 rings (SSSR count). The van der Waals surface area contributed by atoms with Crippen LogP contribution in [0.4, 0.5) is 0 Å². The number of hydrogen-bond acceptors (Lipinski definition) is 5. The van der Waals surface area contributed by atoms with E-state index >= 15 is 0 Å². The topological polar surface area (TPSA) is 70.1 Å². The first-order chi connectivity index (χ1) is 13.9. The molecule has 0 aromatic heterocycles. The molecule has 2 aliphatic rings. The molecule has 7 heteroatoms. The third kappa shape index (κ3) is 3.63. The minimum absolute atomic E-state index is 0.0147. The van der Waals surface area contributed by atoms with Crippen LogP contribution in [0.15, 0.2) is 76.7 Å². The number of benzene rings is 2. The molecule has 0 saturated heterocycles. The van der Waals surface area contributed by atoms with Gasteiger partial charge in [-0.25, -0.2) is 0 Å². The van der Waals surface area contributed by atoms with Gasteiger partial charge in [0.05, 0.1) is 22.6 Å². The molecule has 0 bridgehead atoms. The second-order valence-corrected chi connectivity index (χ2v) is 9.37. The minimum atomic E-state index is -3.89. The molecule has 2 unspecified atom stereocenters. The Morgan fingerprint density at radius 2 is 1.76 bits per heavy atom. The van der Waals surface area contributed by atoms with Crippen LogP contribution in [0, 0.1) is 5.92 Å². The Balaban J connectivity index is 1.74. The summed E-state index contributed by atoms with van der Waals surface area (Å²) in [6.07, 6.45) is 3.80. The van der Waals surface area contributed by atoms with Crippen LogP contribution in [0.1, 0.15) is 17.5 Å². The molecule has 6 nitrogen and oxygen atoms in total. The van der Waals surface area contributed by atoms with E-state index in [2.05, 4.69) is 5.10 Å². The lowest BCUT2D eigenvalue weighted by Crippen LogP contribution is -2.41. The maximum absolute atomic E-state index is 13.4. The van der Waals surface area contributed by atoms with E-state index in [1.807, 2.05) is 61.5 Å². The predicted octanol–water partition coefficient (Wildman–Crippen LogP) is 2.67. The van der Waals surface area contributed by atoms with Crippen molar-refractivity contribution in [2.45, 2.75) is 23.9 Å². The molecule has 2 atom stereocenters. The van der Waals surface area contributed by atoms with E-state index in [-0.39, 0.29) is 10.7 Å². The van der Waals surface area contributed by atoms with Crippen molar-refractivity contribution < 1.29 is 13.2 Å². The summed E-state index contributed by atoms with van der Waals surface area (Å²) in [6.45, 7) is 0.724. The van der Waals surface area contributed by atoms with Crippen molar-refractivity contribution in [3.05, 3.63) is 77.9 Å². The second kappa shape index (κ2) is 7.57. The molecule has 0 amide bonds. The van der Waals surface area contributed by atoms with E-state index in [0.717, 1.165) is 22.1 Å². The van der Waals surface area contributed by atoms with E-state index < -0.39 is 22.0 Å². The smallest absolute Gasteiger partial charge is 0.279 e. The highest BCUT2D eigenvalue weighted by atomic mass is 32.2. The maximum Gasteiger partial charge on any atom is 0.279 e. The number of rotatable bonds is 5. The molecule has 0 spiro atoms. The van der Waals surface area contributed by atoms with Crippen molar-refractivity contribution in [3.8, 4) is 0 Å². The van der Waals surface area contributed by atoms with Gasteiger partial charge < -0.3 is 4.90 Å². The SMILES string of the molecule is CN(C)Cc1ccc(S(=O)(=O)N2N=C(c3ccccc3)C3C(=O)CC=CC32)cc1. The summed E-state index contributed by atoms with van der Waals surface area (Å²) in [4.78, 5) is 14.8. The molecule has 0 radical (unpaired) electrons. The van der Waals surface area contributed by atoms with Gasteiger partial charge in [0.1, 0.15) is 5.78 Å². The zero-order valence-corrected chi connectivity index (χ0v) is 17.2. The summed E-state index contributed by atoms with van der Waals surface area (Å²) in [5, 5.41) is 4.45. The van der Waals surface area contributed by atoms with Crippen LogP contribution in [-0.2, 0) is 21.4 Å². The quantitative estimate of drug-likeness (QED) is 0.712. The number of carbonyl (C=O) groups is 1. The summed E-state index contributed by atoms with van der Waals surface area (Å²) >= 11 is 0. The van der Waals surface area contributed by atoms with E-state index in [1.54, 1.807) is 24.3 Å². The largest absolute Gasteiger partial charge is 0.305 e. The Kier molecular flexibility index (Phi) is 5.10. The molecule has 1 aliphatic heterocycles. The number of hydrogen-bond donors (Lipinski definition) is 0. The number of fused-ring (bicyclic) bond motifs is 1. The molecule has 1 aliphatic carbocycles. The van der Waals surface area contributed by atoms with Gasteiger partial charge in [0.2, 0.25) is 0 Å². The third-order valence-corrected chi connectivity index (χ3v) is 6.82. The first kappa shape index (κ1) is 19.5. The fourth-order valence-corrected chi connectivity index (χ4v) is 5.21. The van der Waals surface area contributed by atoms with Crippen molar-refractivity contribution in [1.29, 1.82) is 0 Å². The second-order valence-electron chi connectivity index (χ2n) is 7.58. The normalized spacial score (nSPS) is 21.4. The van der Waals surface area contributed by atoms with E-state index in [9.17, 15) is 13.2 Å². The predicted molar refractivity (Wildman–Crippen MR) is 112 cm³/mol. The van der Waals surface area contributed by atoms with E-state index in [1.165, 1.54) is 0 Å². The molecule has 29 heavy (non-hydrogen) atoms. The lowest BCUT2D eigenvalue weighted by Gasteiger charge is -2.26. The average molecular weight is 410 g/mol. The van der Waals surface area contributed by atoms with Gasteiger partial charge in [-0.2, -0.15) is 17.9 Å². The third-order valence-electron chi connectivity index (χ3n) is 5.13. The maximum atomic E-state index is 13.4. The number of Topliss-reactive ketones (excluding diaryl/α,β-unsaturated/α-hetero) is 1. The summed E-state index contributed by atoms with van der Waals surface area (Å²) in [6, 6.07) is 15.5. The Morgan fingerprint density at radius 3 is 2.41 bits per heavy atom. The molecule has 0 N–H and O–H groups in total. The fourth-order valence-electron chi connectivity index (χ4n) is 3.80. The van der Waals surface area contributed by atoms with Crippen molar-refractivity contribution in [3.63, 3.8) is 0 Å². The number of allylic oxidation sites excluding steroid dienone is 1. The Morgan fingerprint density at radius 1 is 1.07 bits per heavy atom. The summed E-state index contributed by atoms with van der Waals surface area (Å²) in [7, 11) is 0.0293. The van der Waals surface area contributed by atoms with Gasteiger partial charge in [-0.1, -0.05) is 54.6 Å². The summed E-state index contributed by atoms with van der Waals surface area (Å²) in [5.74, 6) is -0.593. The number of nitrogens with zero attached hydrogens (tertiary/aromatic N) is 3. The molecular weight excluding hydrogens is 386 g/mol. The van der Waals surface area contributed by atoms with Crippen LogP contribution in [0.5, 0.6) is 0 Å². The zero-order chi connectivity index (χ0) is 20.6. The molecule has 1 heterocycles. The number of sulfonamides is 1. The first-order valence-electron chi connectivity index (χ1n) is 9.49. The van der Waals surface area contributed by atoms with E-state index in [4.69, 9.17) is 0 Å². The van der Waals surface area contributed by atoms with Crippen LogP contribution >= 0.6 is 0 Å². The first-order valence-corrected chi connectivity index (χ1v) is 10.9. The highest BCUT2D eigenvalue weighted by molar-refractivity contribution is 7.89. The van der Waals surface area contributed by atoms with Crippen molar-refractivity contribution in [2.75, 3.05) is 14.1 Å². The monoisotopic (exact) mass is 409 g/mol. The van der Waals surface area contributed by atoms with Gasteiger partial charge in [0.15, 0.2) is 0 Å². The highest BCUT2D eigenvalue weighted by Crippen LogP contribution is 2.35. The summed E-state index contributed by atoms with van der Waals surface area (Å²) in [5.41, 5.74) is 2.30. The Hall–Kier alpha value is -2.77. The Labute approximate surface area is 171 Å². The molecular formula is C22H23N3O3S. The number of carbonyl (C=O) groups excluding carboxylic acids is 1. The average Bonchev–Trinajstić information content (AvgIpc) is 3.10. The number of hydrazone groups is 1. The number of ketones is 1. The highest BCUT2D eigenvalue weighted by Gasteiger charge is 2.47.